The fraction of sp³-hybridized carbons (Fsp3) is 0.667. The van der Waals surface area contributed by atoms with E-state index in [1.54, 1.807) is 0 Å². The lowest BCUT2D eigenvalue weighted by Gasteiger charge is -2.06. The van der Waals surface area contributed by atoms with Gasteiger partial charge in [0.25, 0.3) is 0 Å². The van der Waals surface area contributed by atoms with Crippen LogP contribution in [0.1, 0.15) is 43.9 Å². The maximum atomic E-state index is 8.94. The second-order valence-electron chi connectivity index (χ2n) is 4.41. The first kappa shape index (κ1) is 11.8. The minimum Gasteiger partial charge on any atom is -0.334 e. The molecule has 0 spiro atoms. The van der Waals surface area contributed by atoms with Crippen molar-refractivity contribution in [2.24, 2.45) is 13.0 Å². The Labute approximate surface area is 91.7 Å². The molecule has 0 bridgehead atoms. The number of rotatable bonds is 4. The van der Waals surface area contributed by atoms with Crippen molar-refractivity contribution in [1.82, 2.24) is 9.55 Å². The molecule has 1 rings (SSSR count). The highest BCUT2D eigenvalue weighted by atomic mass is 15.1. The summed E-state index contributed by atoms with van der Waals surface area (Å²) < 4.78 is 2.03. The van der Waals surface area contributed by atoms with Crippen molar-refractivity contribution in [3.8, 4) is 6.07 Å². The van der Waals surface area contributed by atoms with Gasteiger partial charge in [-0.2, -0.15) is 5.26 Å². The molecule has 0 N–H and O–H groups in total. The van der Waals surface area contributed by atoms with Gasteiger partial charge in [-0.3, -0.25) is 0 Å². The zero-order valence-electron chi connectivity index (χ0n) is 10.0. The van der Waals surface area contributed by atoms with Crippen LogP contribution in [0.25, 0.3) is 0 Å². The monoisotopic (exact) mass is 205 g/mol. The molecule has 0 radical (unpaired) electrons. The summed E-state index contributed by atoms with van der Waals surface area (Å²) in [4.78, 5) is 4.23. The second kappa shape index (κ2) is 4.97. The van der Waals surface area contributed by atoms with E-state index in [9.17, 15) is 0 Å². The zero-order valence-corrected chi connectivity index (χ0v) is 10.0. The minimum absolute atomic E-state index is 0.596. The molecule has 3 nitrogen and oxygen atoms in total. The summed E-state index contributed by atoms with van der Waals surface area (Å²) in [6, 6.07) is 2.16. The maximum Gasteiger partial charge on any atom is 0.161 e. The predicted molar refractivity (Wildman–Crippen MR) is 60.4 cm³/mol. The van der Waals surface area contributed by atoms with Crippen LogP contribution in [0.3, 0.4) is 0 Å². The molecule has 0 unspecified atom stereocenters. The molecule has 0 fully saturated rings. The van der Waals surface area contributed by atoms with E-state index in [4.69, 9.17) is 5.26 Å². The first-order valence-electron chi connectivity index (χ1n) is 5.48. The molecule has 0 aliphatic rings. The largest absolute Gasteiger partial charge is 0.334 e. The van der Waals surface area contributed by atoms with E-state index in [0.29, 0.717) is 5.69 Å². The summed E-state index contributed by atoms with van der Waals surface area (Å²) >= 11 is 0. The first-order chi connectivity index (χ1) is 7.06. The molecule has 1 aromatic heterocycles. The predicted octanol–water partition coefficient (Wildman–Crippen LogP) is 2.58. The normalized spacial score (nSPS) is 10.7. The smallest absolute Gasteiger partial charge is 0.161 e. The highest BCUT2D eigenvalue weighted by Gasteiger charge is 2.11. The number of nitrogens with zero attached hydrogens (tertiary/aromatic N) is 3. The van der Waals surface area contributed by atoms with Gasteiger partial charge in [-0.25, -0.2) is 4.98 Å². The number of nitriles is 1. The fourth-order valence-electron chi connectivity index (χ4n) is 1.71. The molecule has 1 aromatic rings. The van der Waals surface area contributed by atoms with Crippen LogP contribution in [0, 0.1) is 24.2 Å². The number of aryl methyl sites for hydroxylation is 1. The lowest BCUT2D eigenvalue weighted by atomic mass is 10.0. The molecular weight excluding hydrogens is 186 g/mol. The van der Waals surface area contributed by atoms with Gasteiger partial charge in [0.05, 0.1) is 5.69 Å². The van der Waals surface area contributed by atoms with Gasteiger partial charge in [0.1, 0.15) is 11.9 Å². The summed E-state index contributed by atoms with van der Waals surface area (Å²) in [6.45, 7) is 6.38. The Morgan fingerprint density at radius 3 is 2.67 bits per heavy atom. The molecule has 0 saturated heterocycles. The molecule has 1 heterocycles. The van der Waals surface area contributed by atoms with Crippen LogP contribution in [0.4, 0.5) is 0 Å². The van der Waals surface area contributed by atoms with Gasteiger partial charge in [-0.1, -0.05) is 20.3 Å². The lowest BCUT2D eigenvalue weighted by Crippen LogP contribution is -2.01. The van der Waals surface area contributed by atoms with Crippen molar-refractivity contribution < 1.29 is 0 Å². The summed E-state index contributed by atoms with van der Waals surface area (Å²) in [7, 11) is 1.98. The molecule has 3 heteroatoms. The van der Waals surface area contributed by atoms with E-state index in [0.717, 1.165) is 30.3 Å². The van der Waals surface area contributed by atoms with E-state index in [1.807, 2.05) is 18.5 Å². The highest BCUT2D eigenvalue weighted by Crippen LogP contribution is 2.14. The van der Waals surface area contributed by atoms with E-state index in [-0.39, 0.29) is 0 Å². The third kappa shape index (κ3) is 2.82. The Kier molecular flexibility index (Phi) is 3.90. The first-order valence-corrected chi connectivity index (χ1v) is 5.48. The second-order valence-corrected chi connectivity index (χ2v) is 4.41. The van der Waals surface area contributed by atoms with Gasteiger partial charge < -0.3 is 4.57 Å². The summed E-state index contributed by atoms with van der Waals surface area (Å²) in [6.07, 6.45) is 3.29. The van der Waals surface area contributed by atoms with Crippen molar-refractivity contribution in [2.45, 2.75) is 40.0 Å². The van der Waals surface area contributed by atoms with E-state index in [1.165, 1.54) is 6.42 Å². The number of hydrogen-bond donors (Lipinski definition) is 0. The molecule has 0 saturated carbocycles. The minimum atomic E-state index is 0.596. The summed E-state index contributed by atoms with van der Waals surface area (Å²) in [5, 5.41) is 8.94. The van der Waals surface area contributed by atoms with Crippen LogP contribution in [-0.2, 0) is 13.5 Å². The molecule has 0 aromatic carbocycles. The van der Waals surface area contributed by atoms with Crippen LogP contribution < -0.4 is 0 Å². The summed E-state index contributed by atoms with van der Waals surface area (Å²) in [5.41, 5.74) is 1.68. The molecule has 0 atom stereocenters. The van der Waals surface area contributed by atoms with Crippen LogP contribution in [0.15, 0.2) is 0 Å². The SMILES string of the molecule is Cc1nc(C#N)c(CCCC(C)C)n1C. The Bertz CT molecular complexity index is 369. The quantitative estimate of drug-likeness (QED) is 0.758. The van der Waals surface area contributed by atoms with Gasteiger partial charge in [0.15, 0.2) is 5.69 Å². The van der Waals surface area contributed by atoms with Gasteiger partial charge in [0, 0.05) is 7.05 Å². The van der Waals surface area contributed by atoms with Crippen LogP contribution in [0.2, 0.25) is 0 Å². The van der Waals surface area contributed by atoms with Gasteiger partial charge in [-0.15, -0.1) is 0 Å². The molecule has 0 amide bonds. The standard InChI is InChI=1S/C12H19N3/c1-9(2)6-5-7-12-11(8-13)14-10(3)15(12)4/h9H,5-7H2,1-4H3. The molecular formula is C12H19N3. The van der Waals surface area contributed by atoms with E-state index in [2.05, 4.69) is 24.9 Å². The van der Waals surface area contributed by atoms with E-state index < -0.39 is 0 Å². The molecule has 15 heavy (non-hydrogen) atoms. The van der Waals surface area contributed by atoms with Crippen molar-refractivity contribution in [2.75, 3.05) is 0 Å². The molecule has 82 valence electrons. The fourth-order valence-corrected chi connectivity index (χ4v) is 1.71. The third-order valence-electron chi connectivity index (χ3n) is 2.74. The number of aromatic nitrogens is 2. The van der Waals surface area contributed by atoms with E-state index >= 15 is 0 Å². The van der Waals surface area contributed by atoms with Crippen molar-refractivity contribution >= 4 is 0 Å². The van der Waals surface area contributed by atoms with Gasteiger partial charge in [0.2, 0.25) is 0 Å². The third-order valence-corrected chi connectivity index (χ3v) is 2.74. The Morgan fingerprint density at radius 1 is 1.47 bits per heavy atom. The van der Waals surface area contributed by atoms with Crippen LogP contribution >= 0.6 is 0 Å². The van der Waals surface area contributed by atoms with Crippen molar-refractivity contribution in [3.05, 3.63) is 17.2 Å². The number of hydrogen-bond acceptors (Lipinski definition) is 2. The van der Waals surface area contributed by atoms with Gasteiger partial charge >= 0.3 is 0 Å². The molecule has 0 aliphatic heterocycles. The molecule has 0 aliphatic carbocycles. The average molecular weight is 205 g/mol. The van der Waals surface area contributed by atoms with Crippen LogP contribution in [-0.4, -0.2) is 9.55 Å². The maximum absolute atomic E-state index is 8.94. The Morgan fingerprint density at radius 2 is 2.13 bits per heavy atom. The van der Waals surface area contributed by atoms with Crippen LogP contribution in [0.5, 0.6) is 0 Å². The summed E-state index contributed by atoms with van der Waals surface area (Å²) in [5.74, 6) is 1.65. The van der Waals surface area contributed by atoms with Crippen molar-refractivity contribution in [3.63, 3.8) is 0 Å². The van der Waals surface area contributed by atoms with Gasteiger partial charge in [-0.05, 0) is 25.7 Å². The highest BCUT2D eigenvalue weighted by molar-refractivity contribution is 5.28. The Balaban J connectivity index is 2.72. The van der Waals surface area contributed by atoms with Crippen molar-refractivity contribution in [1.29, 1.82) is 5.26 Å². The zero-order chi connectivity index (χ0) is 11.4. The lowest BCUT2D eigenvalue weighted by molar-refractivity contribution is 0.548. The topological polar surface area (TPSA) is 41.6 Å². The Hall–Kier alpha value is -1.30. The number of imidazole rings is 1. The average Bonchev–Trinajstić information content (AvgIpc) is 2.44.